The molecule has 2 rings (SSSR count). The monoisotopic (exact) mass is 263 g/mol. The fourth-order valence-electron chi connectivity index (χ4n) is 2.48. The van der Waals surface area contributed by atoms with E-state index in [0.717, 1.165) is 37.1 Å². The molecule has 1 fully saturated rings. The Balaban J connectivity index is 1.96. The van der Waals surface area contributed by atoms with Crippen molar-refractivity contribution in [2.45, 2.75) is 38.3 Å². The highest BCUT2D eigenvalue weighted by Crippen LogP contribution is 2.25. The third-order valence-corrected chi connectivity index (χ3v) is 3.74. The van der Waals surface area contributed by atoms with Gasteiger partial charge >= 0.3 is 5.97 Å². The van der Waals surface area contributed by atoms with Gasteiger partial charge in [0, 0.05) is 0 Å². The average Bonchev–Trinajstić information content (AvgIpc) is 2.95. The molecule has 4 nitrogen and oxygen atoms in total. The largest absolute Gasteiger partial charge is 0.497 e. The summed E-state index contributed by atoms with van der Waals surface area (Å²) in [5, 5.41) is 3.28. The Bertz CT molecular complexity index is 439. The van der Waals surface area contributed by atoms with Crippen LogP contribution in [0.25, 0.3) is 0 Å². The number of nitrogens with one attached hydrogen (secondary N) is 1. The number of methoxy groups -OCH3 is 1. The molecule has 0 radical (unpaired) electrons. The van der Waals surface area contributed by atoms with Gasteiger partial charge in [-0.25, -0.2) is 0 Å². The van der Waals surface area contributed by atoms with Crippen molar-refractivity contribution in [2.75, 3.05) is 13.7 Å². The van der Waals surface area contributed by atoms with E-state index in [1.54, 1.807) is 7.11 Å². The summed E-state index contributed by atoms with van der Waals surface area (Å²) in [4.78, 5) is 12.2. The predicted molar refractivity (Wildman–Crippen MR) is 73.0 cm³/mol. The van der Waals surface area contributed by atoms with Crippen molar-refractivity contribution in [3.8, 4) is 5.75 Å². The molecule has 1 aliphatic heterocycles. The summed E-state index contributed by atoms with van der Waals surface area (Å²) in [7, 11) is 1.62. The highest BCUT2D eigenvalue weighted by molar-refractivity contribution is 5.81. The number of carbonyl (C=O) groups is 1. The molecule has 19 heavy (non-hydrogen) atoms. The molecule has 1 aromatic rings. The number of ether oxygens (including phenoxy) is 2. The van der Waals surface area contributed by atoms with Crippen molar-refractivity contribution in [2.24, 2.45) is 0 Å². The average molecular weight is 263 g/mol. The zero-order valence-corrected chi connectivity index (χ0v) is 11.6. The molecule has 0 bridgehead atoms. The molecule has 4 heteroatoms. The lowest BCUT2D eigenvalue weighted by atomic mass is 9.94. The van der Waals surface area contributed by atoms with Gasteiger partial charge in [-0.1, -0.05) is 19.1 Å². The fourth-order valence-corrected chi connectivity index (χ4v) is 2.48. The minimum Gasteiger partial charge on any atom is -0.497 e. The molecular formula is C15H21NO3. The zero-order valence-electron chi connectivity index (χ0n) is 11.6. The maximum absolute atomic E-state index is 12.2. The van der Waals surface area contributed by atoms with E-state index >= 15 is 0 Å². The summed E-state index contributed by atoms with van der Waals surface area (Å²) in [5.74, 6) is 0.632. The number of rotatable bonds is 5. The third-order valence-electron chi connectivity index (χ3n) is 3.74. The normalized spacial score (nSPS) is 22.2. The van der Waals surface area contributed by atoms with E-state index in [9.17, 15) is 4.79 Å². The first-order valence-corrected chi connectivity index (χ1v) is 6.75. The van der Waals surface area contributed by atoms with E-state index in [4.69, 9.17) is 9.47 Å². The molecule has 0 saturated carbocycles. The molecule has 1 atom stereocenters. The van der Waals surface area contributed by atoms with Gasteiger partial charge < -0.3 is 14.8 Å². The number of hydrogen-bond acceptors (Lipinski definition) is 4. The van der Waals surface area contributed by atoms with Gasteiger partial charge in [-0.15, -0.1) is 0 Å². The first-order valence-electron chi connectivity index (χ1n) is 6.75. The Morgan fingerprint density at radius 3 is 2.95 bits per heavy atom. The van der Waals surface area contributed by atoms with Gasteiger partial charge in [0.2, 0.25) is 0 Å². The molecule has 104 valence electrons. The quantitative estimate of drug-likeness (QED) is 0.828. The Labute approximate surface area is 114 Å². The van der Waals surface area contributed by atoms with Crippen LogP contribution in [0.4, 0.5) is 0 Å². The molecule has 1 N–H and O–H groups in total. The molecule has 0 spiro atoms. The van der Waals surface area contributed by atoms with Crippen LogP contribution in [0.15, 0.2) is 24.3 Å². The molecule has 0 aromatic heterocycles. The van der Waals surface area contributed by atoms with Gasteiger partial charge in [-0.05, 0) is 43.5 Å². The summed E-state index contributed by atoms with van der Waals surface area (Å²) < 4.78 is 10.6. The Morgan fingerprint density at radius 1 is 1.47 bits per heavy atom. The van der Waals surface area contributed by atoms with Crippen LogP contribution in [-0.4, -0.2) is 25.2 Å². The molecule has 1 saturated heterocycles. The highest BCUT2D eigenvalue weighted by atomic mass is 16.5. The minimum absolute atomic E-state index is 0.143. The lowest BCUT2D eigenvalue weighted by molar-refractivity contribution is -0.152. The van der Waals surface area contributed by atoms with Crippen molar-refractivity contribution in [1.29, 1.82) is 0 Å². The molecule has 0 aliphatic carbocycles. The number of hydrogen-bond donors (Lipinski definition) is 1. The van der Waals surface area contributed by atoms with E-state index < -0.39 is 5.54 Å². The van der Waals surface area contributed by atoms with Crippen LogP contribution in [0.2, 0.25) is 0 Å². The Kier molecular flexibility index (Phi) is 4.43. The lowest BCUT2D eigenvalue weighted by Crippen LogP contribution is -2.48. The molecular weight excluding hydrogens is 242 g/mol. The number of esters is 1. The first-order chi connectivity index (χ1) is 9.20. The first kappa shape index (κ1) is 13.9. The zero-order chi connectivity index (χ0) is 13.7. The van der Waals surface area contributed by atoms with Crippen molar-refractivity contribution >= 4 is 5.97 Å². The standard InChI is InChI=1S/C15H21NO3/c1-3-15(8-5-9-16-15)14(17)19-11-12-6-4-7-13(10-12)18-2/h4,6-7,10,16H,3,5,8-9,11H2,1-2H3. The van der Waals surface area contributed by atoms with E-state index in [2.05, 4.69) is 5.32 Å². The molecule has 1 unspecified atom stereocenters. The Morgan fingerprint density at radius 2 is 2.32 bits per heavy atom. The number of carbonyl (C=O) groups excluding carboxylic acids is 1. The number of benzene rings is 1. The van der Waals surface area contributed by atoms with Crippen LogP contribution in [0.1, 0.15) is 31.7 Å². The van der Waals surface area contributed by atoms with Gasteiger partial charge in [0.05, 0.1) is 7.11 Å². The van der Waals surface area contributed by atoms with Crippen molar-refractivity contribution in [1.82, 2.24) is 5.32 Å². The summed E-state index contributed by atoms with van der Waals surface area (Å²) in [6.45, 7) is 3.20. The summed E-state index contributed by atoms with van der Waals surface area (Å²) in [6, 6.07) is 7.58. The summed E-state index contributed by atoms with van der Waals surface area (Å²) in [5.41, 5.74) is 0.468. The van der Waals surface area contributed by atoms with Crippen LogP contribution in [0, 0.1) is 0 Å². The summed E-state index contributed by atoms with van der Waals surface area (Å²) >= 11 is 0. The maximum Gasteiger partial charge on any atom is 0.326 e. The SMILES string of the molecule is CCC1(C(=O)OCc2cccc(OC)c2)CCCN1. The highest BCUT2D eigenvalue weighted by Gasteiger charge is 2.40. The van der Waals surface area contributed by atoms with Crippen LogP contribution in [0.5, 0.6) is 5.75 Å². The molecule has 1 aliphatic rings. The van der Waals surface area contributed by atoms with E-state index in [-0.39, 0.29) is 5.97 Å². The van der Waals surface area contributed by atoms with Crippen molar-refractivity contribution < 1.29 is 14.3 Å². The molecule has 1 heterocycles. The van der Waals surface area contributed by atoms with Gasteiger partial charge in [0.15, 0.2) is 0 Å². The van der Waals surface area contributed by atoms with Crippen LogP contribution in [0.3, 0.4) is 0 Å². The maximum atomic E-state index is 12.2. The second-order valence-corrected chi connectivity index (χ2v) is 4.89. The van der Waals surface area contributed by atoms with E-state index in [0.29, 0.717) is 6.61 Å². The van der Waals surface area contributed by atoms with E-state index in [1.807, 2.05) is 31.2 Å². The van der Waals surface area contributed by atoms with Gasteiger partial charge in [-0.3, -0.25) is 4.79 Å². The Hall–Kier alpha value is -1.55. The third kappa shape index (κ3) is 3.07. The second-order valence-electron chi connectivity index (χ2n) is 4.89. The van der Waals surface area contributed by atoms with Gasteiger partial charge in [-0.2, -0.15) is 0 Å². The second kappa shape index (κ2) is 6.06. The fraction of sp³-hybridized carbons (Fsp3) is 0.533. The molecule has 0 amide bonds. The van der Waals surface area contributed by atoms with Crippen LogP contribution >= 0.6 is 0 Å². The smallest absolute Gasteiger partial charge is 0.326 e. The minimum atomic E-state index is -0.473. The predicted octanol–water partition coefficient (Wildman–Crippen LogP) is 2.27. The van der Waals surface area contributed by atoms with Crippen LogP contribution < -0.4 is 10.1 Å². The summed E-state index contributed by atoms with van der Waals surface area (Å²) in [6.07, 6.45) is 2.66. The lowest BCUT2D eigenvalue weighted by Gasteiger charge is -2.25. The molecule has 1 aromatic carbocycles. The van der Waals surface area contributed by atoms with Gasteiger partial charge in [0.1, 0.15) is 17.9 Å². The van der Waals surface area contributed by atoms with Crippen LogP contribution in [-0.2, 0) is 16.1 Å². The van der Waals surface area contributed by atoms with Gasteiger partial charge in [0.25, 0.3) is 0 Å². The van der Waals surface area contributed by atoms with Crippen molar-refractivity contribution in [3.05, 3.63) is 29.8 Å². The topological polar surface area (TPSA) is 47.6 Å². The van der Waals surface area contributed by atoms with E-state index in [1.165, 1.54) is 0 Å². The van der Waals surface area contributed by atoms with Crippen molar-refractivity contribution in [3.63, 3.8) is 0 Å².